The van der Waals surface area contributed by atoms with Gasteiger partial charge in [0.1, 0.15) is 5.69 Å². The van der Waals surface area contributed by atoms with E-state index in [1.807, 2.05) is 6.07 Å². The minimum absolute atomic E-state index is 0.0690. The summed E-state index contributed by atoms with van der Waals surface area (Å²) < 4.78 is 0. The molecule has 0 aliphatic rings. The van der Waals surface area contributed by atoms with Gasteiger partial charge in [-0.05, 0) is 24.1 Å². The molecule has 0 bridgehead atoms. The van der Waals surface area contributed by atoms with E-state index in [4.69, 9.17) is 5.11 Å². The zero-order chi connectivity index (χ0) is 17.0. The first-order valence-electron chi connectivity index (χ1n) is 7.34. The Kier molecular flexibility index (Phi) is 5.15. The van der Waals surface area contributed by atoms with E-state index in [1.165, 1.54) is 11.3 Å². The number of amides is 1. The van der Waals surface area contributed by atoms with Gasteiger partial charge < -0.3 is 10.4 Å². The highest BCUT2D eigenvalue weighted by molar-refractivity contribution is 7.10. The highest BCUT2D eigenvalue weighted by atomic mass is 32.1. The Morgan fingerprint density at radius 3 is 2.65 bits per heavy atom. The van der Waals surface area contributed by atoms with Gasteiger partial charge in [-0.1, -0.05) is 32.9 Å². The van der Waals surface area contributed by atoms with Gasteiger partial charge in [-0.25, -0.2) is 9.78 Å². The lowest BCUT2D eigenvalue weighted by Gasteiger charge is -2.13. The zero-order valence-electron chi connectivity index (χ0n) is 13.4. The molecule has 0 unspecified atom stereocenters. The maximum atomic E-state index is 12.1. The number of rotatable bonds is 5. The Morgan fingerprint density at radius 1 is 1.30 bits per heavy atom. The first kappa shape index (κ1) is 17.1. The van der Waals surface area contributed by atoms with Crippen molar-refractivity contribution in [3.05, 3.63) is 51.5 Å². The fourth-order valence-electron chi connectivity index (χ4n) is 1.99. The van der Waals surface area contributed by atoms with Crippen molar-refractivity contribution in [2.45, 2.75) is 32.6 Å². The van der Waals surface area contributed by atoms with Crippen LogP contribution in [0, 0.1) is 0 Å². The predicted molar refractivity (Wildman–Crippen MR) is 90.3 cm³/mol. The van der Waals surface area contributed by atoms with Crippen LogP contribution in [-0.4, -0.2) is 28.5 Å². The molecular formula is C17H20N2O3S. The van der Waals surface area contributed by atoms with Crippen LogP contribution in [0.4, 0.5) is 0 Å². The van der Waals surface area contributed by atoms with Gasteiger partial charge in [0.15, 0.2) is 0 Å². The second kappa shape index (κ2) is 6.91. The number of carbonyl (C=O) groups excluding carboxylic acids is 1. The second-order valence-corrected chi connectivity index (χ2v) is 7.16. The van der Waals surface area contributed by atoms with Gasteiger partial charge in [0.05, 0.1) is 10.6 Å². The van der Waals surface area contributed by atoms with Crippen LogP contribution in [0.1, 0.15) is 52.2 Å². The molecule has 1 heterocycles. The number of benzene rings is 1. The van der Waals surface area contributed by atoms with Gasteiger partial charge in [0.25, 0.3) is 5.91 Å². The summed E-state index contributed by atoms with van der Waals surface area (Å²) >= 11 is 1.48. The Hall–Kier alpha value is -2.21. The molecule has 0 saturated heterocycles. The van der Waals surface area contributed by atoms with Crippen LogP contribution in [0.3, 0.4) is 0 Å². The Morgan fingerprint density at radius 2 is 2.04 bits per heavy atom. The summed E-state index contributed by atoms with van der Waals surface area (Å²) in [5, 5.41) is 14.5. The molecule has 2 N–H and O–H groups in total. The van der Waals surface area contributed by atoms with Crippen molar-refractivity contribution >= 4 is 23.2 Å². The molecule has 0 aliphatic heterocycles. The van der Waals surface area contributed by atoms with Gasteiger partial charge in [-0.3, -0.25) is 4.79 Å². The van der Waals surface area contributed by atoms with Crippen LogP contribution in [0.15, 0.2) is 29.6 Å². The normalized spacial score (nSPS) is 11.3. The number of hydrogen-bond acceptors (Lipinski definition) is 4. The number of hydrogen-bond donors (Lipinski definition) is 2. The highest BCUT2D eigenvalue weighted by Gasteiger charge is 2.20. The largest absolute Gasteiger partial charge is 0.478 e. The fourth-order valence-corrected chi connectivity index (χ4v) is 2.88. The quantitative estimate of drug-likeness (QED) is 0.882. The fraction of sp³-hybridized carbons (Fsp3) is 0.353. The van der Waals surface area contributed by atoms with E-state index in [0.717, 1.165) is 10.6 Å². The average Bonchev–Trinajstić information content (AvgIpc) is 2.97. The number of thiazole rings is 1. The van der Waals surface area contributed by atoms with Crippen LogP contribution >= 0.6 is 11.3 Å². The topological polar surface area (TPSA) is 79.3 Å². The minimum Gasteiger partial charge on any atom is -0.478 e. The summed E-state index contributed by atoms with van der Waals surface area (Å²) in [5.41, 5.74) is 1.49. The molecule has 2 aromatic rings. The smallest absolute Gasteiger partial charge is 0.335 e. The predicted octanol–water partition coefficient (Wildman–Crippen LogP) is 3.11. The molecule has 2 rings (SSSR count). The first-order chi connectivity index (χ1) is 10.8. The van der Waals surface area contributed by atoms with E-state index in [0.29, 0.717) is 18.7 Å². The van der Waals surface area contributed by atoms with E-state index in [1.54, 1.807) is 23.6 Å². The average molecular weight is 332 g/mol. The highest BCUT2D eigenvalue weighted by Crippen LogP contribution is 2.25. The summed E-state index contributed by atoms with van der Waals surface area (Å²) in [7, 11) is 0. The van der Waals surface area contributed by atoms with E-state index in [9.17, 15) is 9.59 Å². The van der Waals surface area contributed by atoms with Gasteiger partial charge in [-0.2, -0.15) is 0 Å². The summed E-state index contributed by atoms with van der Waals surface area (Å²) in [6, 6.07) is 6.72. The van der Waals surface area contributed by atoms with Crippen molar-refractivity contribution in [1.29, 1.82) is 0 Å². The molecule has 0 saturated carbocycles. The van der Waals surface area contributed by atoms with Crippen molar-refractivity contribution in [3.8, 4) is 0 Å². The molecule has 5 nitrogen and oxygen atoms in total. The molecule has 6 heteroatoms. The SMILES string of the molecule is CC(C)(C)c1nc(C(=O)NCCc2cccc(C(=O)O)c2)cs1. The second-order valence-electron chi connectivity index (χ2n) is 6.30. The number of carboxylic acids is 1. The lowest BCUT2D eigenvalue weighted by molar-refractivity contribution is 0.0696. The van der Waals surface area contributed by atoms with E-state index in [2.05, 4.69) is 31.1 Å². The standard InChI is InChI=1S/C17H20N2O3S/c1-17(2,3)16-19-13(10-23-16)14(20)18-8-7-11-5-4-6-12(9-11)15(21)22/h4-6,9-10H,7-8H2,1-3H3,(H,18,20)(H,21,22). The molecule has 1 aromatic heterocycles. The van der Waals surface area contributed by atoms with Crippen molar-refractivity contribution < 1.29 is 14.7 Å². The first-order valence-corrected chi connectivity index (χ1v) is 8.22. The van der Waals surface area contributed by atoms with Crippen LogP contribution in [0.5, 0.6) is 0 Å². The molecule has 1 amide bonds. The molecule has 0 radical (unpaired) electrons. The third kappa shape index (κ3) is 4.63. The summed E-state index contributed by atoms with van der Waals surface area (Å²) in [6.07, 6.45) is 0.573. The van der Waals surface area contributed by atoms with Crippen molar-refractivity contribution in [2.24, 2.45) is 0 Å². The summed E-state index contributed by atoms with van der Waals surface area (Å²) in [4.78, 5) is 27.4. The van der Waals surface area contributed by atoms with Gasteiger partial charge >= 0.3 is 5.97 Å². The molecule has 0 aliphatic carbocycles. The third-order valence-electron chi connectivity index (χ3n) is 3.25. The molecule has 122 valence electrons. The third-order valence-corrected chi connectivity index (χ3v) is 4.52. The Labute approximate surface area is 139 Å². The van der Waals surface area contributed by atoms with E-state index < -0.39 is 5.97 Å². The molecule has 0 spiro atoms. The maximum Gasteiger partial charge on any atom is 0.335 e. The molecule has 0 atom stereocenters. The number of nitrogens with zero attached hydrogens (tertiary/aromatic N) is 1. The number of nitrogens with one attached hydrogen (secondary N) is 1. The van der Waals surface area contributed by atoms with Crippen molar-refractivity contribution in [1.82, 2.24) is 10.3 Å². The minimum atomic E-state index is -0.951. The number of carbonyl (C=O) groups is 2. The Balaban J connectivity index is 1.91. The van der Waals surface area contributed by atoms with Crippen LogP contribution in [0.25, 0.3) is 0 Å². The van der Waals surface area contributed by atoms with Gasteiger partial charge in [0, 0.05) is 17.3 Å². The number of aromatic nitrogens is 1. The molecule has 1 aromatic carbocycles. The van der Waals surface area contributed by atoms with Gasteiger partial charge in [0.2, 0.25) is 0 Å². The van der Waals surface area contributed by atoms with Crippen LogP contribution in [0.2, 0.25) is 0 Å². The monoisotopic (exact) mass is 332 g/mol. The van der Waals surface area contributed by atoms with E-state index in [-0.39, 0.29) is 16.9 Å². The molecule has 23 heavy (non-hydrogen) atoms. The van der Waals surface area contributed by atoms with Crippen LogP contribution in [-0.2, 0) is 11.8 Å². The molecule has 0 fully saturated rings. The molecular weight excluding hydrogens is 312 g/mol. The summed E-state index contributed by atoms with van der Waals surface area (Å²) in [6.45, 7) is 6.61. The number of aromatic carboxylic acids is 1. The van der Waals surface area contributed by atoms with Crippen molar-refractivity contribution in [3.63, 3.8) is 0 Å². The zero-order valence-corrected chi connectivity index (χ0v) is 14.2. The summed E-state index contributed by atoms with van der Waals surface area (Å²) in [5.74, 6) is -1.15. The van der Waals surface area contributed by atoms with Crippen molar-refractivity contribution in [2.75, 3.05) is 6.54 Å². The van der Waals surface area contributed by atoms with Gasteiger partial charge in [-0.15, -0.1) is 11.3 Å². The van der Waals surface area contributed by atoms with E-state index >= 15 is 0 Å². The Bertz CT molecular complexity index is 717. The maximum absolute atomic E-state index is 12.1. The van der Waals surface area contributed by atoms with Crippen LogP contribution < -0.4 is 5.32 Å². The lowest BCUT2D eigenvalue weighted by atomic mass is 9.98. The number of carboxylic acid groups (broad SMARTS) is 1. The lowest BCUT2D eigenvalue weighted by Crippen LogP contribution is -2.26.